The Morgan fingerprint density at radius 2 is 2.14 bits per heavy atom. The third-order valence-electron chi connectivity index (χ3n) is 3.47. The summed E-state index contributed by atoms with van der Waals surface area (Å²) < 4.78 is 28.3. The van der Waals surface area contributed by atoms with E-state index in [-0.39, 0.29) is 16.4 Å². The largest absolute Gasteiger partial charge is 0.495 e. The van der Waals surface area contributed by atoms with Crippen molar-refractivity contribution in [2.45, 2.75) is 31.2 Å². The Hall–Kier alpha value is -0.920. The van der Waals surface area contributed by atoms with Crippen LogP contribution in [0.15, 0.2) is 23.1 Å². The van der Waals surface area contributed by atoms with Gasteiger partial charge in [0.1, 0.15) is 5.75 Å². The molecule has 1 atom stereocenters. The third kappa shape index (κ3) is 4.28. The van der Waals surface area contributed by atoms with Gasteiger partial charge in [-0.1, -0.05) is 13.8 Å². The van der Waals surface area contributed by atoms with Gasteiger partial charge in [-0.3, -0.25) is 0 Å². The third-order valence-corrected chi connectivity index (χ3v) is 6.00. The number of hydrogen-bond acceptors (Lipinski definition) is 5. The molecule has 118 valence electrons. The molecule has 21 heavy (non-hydrogen) atoms. The smallest absolute Gasteiger partial charge is 0.238 e. The standard InChI is InChI=1S/C14H22N2O3S2/c1-14(2)7-10(8-20-9-14)16-12-6-11(21(15,17)18)4-5-13(12)19-3/h4-6,10,16H,7-9H2,1-3H3,(H2,15,17,18). The number of thioether (sulfide) groups is 1. The van der Waals surface area contributed by atoms with Gasteiger partial charge in [-0.15, -0.1) is 0 Å². The van der Waals surface area contributed by atoms with Crippen LogP contribution in [-0.4, -0.2) is 33.1 Å². The van der Waals surface area contributed by atoms with Crippen molar-refractivity contribution in [2.24, 2.45) is 10.6 Å². The maximum absolute atomic E-state index is 11.5. The van der Waals surface area contributed by atoms with Gasteiger partial charge in [0.05, 0.1) is 17.7 Å². The lowest BCUT2D eigenvalue weighted by atomic mass is 9.88. The summed E-state index contributed by atoms with van der Waals surface area (Å²) in [5, 5.41) is 8.60. The lowest BCUT2D eigenvalue weighted by Gasteiger charge is -2.35. The maximum atomic E-state index is 11.5. The zero-order valence-electron chi connectivity index (χ0n) is 12.5. The van der Waals surface area contributed by atoms with Gasteiger partial charge in [-0.05, 0) is 35.8 Å². The van der Waals surface area contributed by atoms with Crippen molar-refractivity contribution in [3.8, 4) is 5.75 Å². The molecule has 1 saturated heterocycles. The molecule has 5 nitrogen and oxygen atoms in total. The molecule has 2 rings (SSSR count). The van der Waals surface area contributed by atoms with Crippen molar-refractivity contribution in [2.75, 3.05) is 23.9 Å². The first-order chi connectivity index (χ1) is 9.71. The predicted molar refractivity (Wildman–Crippen MR) is 87.5 cm³/mol. The van der Waals surface area contributed by atoms with Gasteiger partial charge in [0, 0.05) is 11.8 Å². The normalized spacial score (nSPS) is 21.8. The number of ether oxygens (including phenoxy) is 1. The summed E-state index contributed by atoms with van der Waals surface area (Å²) in [5.41, 5.74) is 0.943. The van der Waals surface area contributed by atoms with E-state index in [0.717, 1.165) is 17.9 Å². The molecule has 1 aliphatic rings. The van der Waals surface area contributed by atoms with Crippen molar-refractivity contribution in [1.82, 2.24) is 0 Å². The summed E-state index contributed by atoms with van der Waals surface area (Å²) >= 11 is 1.91. The molecule has 0 saturated carbocycles. The molecule has 3 N–H and O–H groups in total. The van der Waals surface area contributed by atoms with E-state index in [4.69, 9.17) is 9.88 Å². The molecule has 0 aromatic heterocycles. The molecule has 0 radical (unpaired) electrons. The van der Waals surface area contributed by atoms with Crippen LogP contribution in [0.4, 0.5) is 5.69 Å². The Morgan fingerprint density at radius 3 is 2.71 bits per heavy atom. The van der Waals surface area contributed by atoms with Gasteiger partial charge in [0.2, 0.25) is 10.0 Å². The minimum atomic E-state index is -3.71. The number of hydrogen-bond donors (Lipinski definition) is 2. The van der Waals surface area contributed by atoms with Crippen LogP contribution >= 0.6 is 11.8 Å². The fourth-order valence-corrected chi connectivity index (χ4v) is 4.37. The topological polar surface area (TPSA) is 81.4 Å². The van der Waals surface area contributed by atoms with Gasteiger partial charge in [-0.25, -0.2) is 13.6 Å². The van der Waals surface area contributed by atoms with Gasteiger partial charge in [0.25, 0.3) is 0 Å². The van der Waals surface area contributed by atoms with E-state index in [2.05, 4.69) is 19.2 Å². The van der Waals surface area contributed by atoms with Gasteiger partial charge in [0.15, 0.2) is 0 Å². The summed E-state index contributed by atoms with van der Waals surface area (Å²) in [5.74, 6) is 2.75. The lowest BCUT2D eigenvalue weighted by molar-refractivity contribution is 0.357. The molecule has 1 fully saturated rings. The van der Waals surface area contributed by atoms with Crippen LogP contribution in [-0.2, 0) is 10.0 Å². The van der Waals surface area contributed by atoms with E-state index < -0.39 is 10.0 Å². The quantitative estimate of drug-likeness (QED) is 0.885. The molecule has 1 aliphatic heterocycles. The first-order valence-corrected chi connectivity index (χ1v) is 9.46. The molecule has 1 aromatic rings. The van der Waals surface area contributed by atoms with Gasteiger partial charge < -0.3 is 10.1 Å². The highest BCUT2D eigenvalue weighted by Crippen LogP contribution is 2.36. The Morgan fingerprint density at radius 1 is 1.43 bits per heavy atom. The summed E-state index contributed by atoms with van der Waals surface area (Å²) in [4.78, 5) is 0.0912. The van der Waals surface area contributed by atoms with Crippen molar-refractivity contribution < 1.29 is 13.2 Å². The van der Waals surface area contributed by atoms with Crippen molar-refractivity contribution in [3.63, 3.8) is 0 Å². The number of methoxy groups -OCH3 is 1. The molecule has 0 spiro atoms. The molecule has 0 bridgehead atoms. The average molecular weight is 330 g/mol. The second-order valence-electron chi connectivity index (χ2n) is 6.13. The summed E-state index contributed by atoms with van der Waals surface area (Å²) in [6.07, 6.45) is 1.03. The molecule has 1 unspecified atom stereocenters. The van der Waals surface area contributed by atoms with Crippen LogP contribution in [0.1, 0.15) is 20.3 Å². The monoisotopic (exact) mass is 330 g/mol. The predicted octanol–water partition coefficient (Wildman–Crippen LogP) is 2.29. The molecular weight excluding hydrogens is 308 g/mol. The molecule has 1 heterocycles. The van der Waals surface area contributed by atoms with E-state index in [1.165, 1.54) is 6.07 Å². The lowest BCUT2D eigenvalue weighted by Crippen LogP contribution is -2.35. The van der Waals surface area contributed by atoms with Crippen molar-refractivity contribution >= 4 is 27.5 Å². The molecule has 0 amide bonds. The number of primary sulfonamides is 1. The Labute approximate surface area is 130 Å². The highest BCUT2D eigenvalue weighted by atomic mass is 32.2. The minimum Gasteiger partial charge on any atom is -0.495 e. The van der Waals surface area contributed by atoms with E-state index >= 15 is 0 Å². The van der Waals surface area contributed by atoms with Gasteiger partial charge >= 0.3 is 0 Å². The fourth-order valence-electron chi connectivity index (χ4n) is 2.55. The second-order valence-corrected chi connectivity index (χ2v) is 8.72. The van der Waals surface area contributed by atoms with E-state index in [0.29, 0.717) is 11.4 Å². The first-order valence-electron chi connectivity index (χ1n) is 6.76. The zero-order valence-corrected chi connectivity index (χ0v) is 14.2. The summed E-state index contributed by atoms with van der Waals surface area (Å²) in [7, 11) is -2.15. The van der Waals surface area contributed by atoms with Gasteiger partial charge in [-0.2, -0.15) is 11.8 Å². The SMILES string of the molecule is COc1ccc(S(N)(=O)=O)cc1NC1CSCC(C)(C)C1. The molecule has 1 aromatic carbocycles. The number of nitrogens with one attached hydrogen (secondary N) is 1. The Balaban J connectivity index is 2.25. The van der Waals surface area contributed by atoms with Crippen LogP contribution in [0, 0.1) is 5.41 Å². The average Bonchev–Trinajstić information content (AvgIpc) is 2.36. The van der Waals surface area contributed by atoms with Crippen molar-refractivity contribution in [3.05, 3.63) is 18.2 Å². The van der Waals surface area contributed by atoms with Crippen LogP contribution in [0.5, 0.6) is 5.75 Å². The van der Waals surface area contributed by atoms with E-state index in [1.54, 1.807) is 19.2 Å². The summed E-state index contributed by atoms with van der Waals surface area (Å²) in [6, 6.07) is 4.91. The number of sulfonamides is 1. The molecular formula is C14H22N2O3S2. The number of benzene rings is 1. The highest BCUT2D eigenvalue weighted by Gasteiger charge is 2.29. The zero-order chi connectivity index (χ0) is 15.7. The van der Waals surface area contributed by atoms with Crippen LogP contribution in [0.25, 0.3) is 0 Å². The van der Waals surface area contributed by atoms with Crippen LogP contribution < -0.4 is 15.2 Å². The van der Waals surface area contributed by atoms with Crippen molar-refractivity contribution in [1.29, 1.82) is 0 Å². The summed E-state index contributed by atoms with van der Waals surface area (Å²) in [6.45, 7) is 4.48. The van der Waals surface area contributed by atoms with Crippen LogP contribution in [0.2, 0.25) is 0 Å². The van der Waals surface area contributed by atoms with E-state index in [1.807, 2.05) is 11.8 Å². The Kier molecular flexibility index (Phi) is 4.75. The highest BCUT2D eigenvalue weighted by molar-refractivity contribution is 7.99. The minimum absolute atomic E-state index is 0.0912. The fraction of sp³-hybridized carbons (Fsp3) is 0.571. The molecule has 0 aliphatic carbocycles. The Bertz CT molecular complexity index is 615. The maximum Gasteiger partial charge on any atom is 0.238 e. The van der Waals surface area contributed by atoms with E-state index in [9.17, 15) is 8.42 Å². The van der Waals surface area contributed by atoms with Crippen LogP contribution in [0.3, 0.4) is 0 Å². The number of rotatable bonds is 4. The number of anilines is 1. The second kappa shape index (κ2) is 6.06. The number of nitrogens with two attached hydrogens (primary N) is 1. The molecule has 7 heteroatoms. The first kappa shape index (κ1) is 16.5.